The summed E-state index contributed by atoms with van der Waals surface area (Å²) in [6.45, 7) is 0. The summed E-state index contributed by atoms with van der Waals surface area (Å²) in [5.74, 6) is 0. The van der Waals surface area contributed by atoms with Gasteiger partial charge in [0.05, 0.1) is 5.69 Å². The number of fused-ring (bicyclic) bond motifs is 1. The molecule has 0 aliphatic rings. The minimum atomic E-state index is 1.10. The van der Waals surface area contributed by atoms with E-state index in [4.69, 9.17) is 0 Å². The molecular weight excluding hydrogens is 725 g/mol. The first-order chi connectivity index (χ1) is 29.7. The van der Waals surface area contributed by atoms with Gasteiger partial charge < -0.3 is 9.80 Å². The van der Waals surface area contributed by atoms with Gasteiger partial charge in [-0.3, -0.25) is 0 Å². The Balaban J connectivity index is 0.964. The van der Waals surface area contributed by atoms with Gasteiger partial charge in [0.15, 0.2) is 0 Å². The summed E-state index contributed by atoms with van der Waals surface area (Å²) in [6.07, 6.45) is 0. The quantitative estimate of drug-likeness (QED) is 0.137. The Morgan fingerprint density at radius 1 is 0.200 bits per heavy atom. The van der Waals surface area contributed by atoms with E-state index in [1.165, 1.54) is 44.2 Å². The van der Waals surface area contributed by atoms with Gasteiger partial charge in [0.1, 0.15) is 0 Å². The molecule has 10 aromatic carbocycles. The lowest BCUT2D eigenvalue weighted by molar-refractivity contribution is 1.28. The maximum absolute atomic E-state index is 2.38. The van der Waals surface area contributed by atoms with Crippen LogP contribution < -0.4 is 9.80 Å². The van der Waals surface area contributed by atoms with Crippen LogP contribution in [0.4, 0.5) is 34.1 Å². The highest BCUT2D eigenvalue weighted by atomic mass is 15.1. The fraction of sp³-hybridized carbons (Fsp3) is 0. The lowest BCUT2D eigenvalue weighted by Crippen LogP contribution is -2.10. The second-order valence-electron chi connectivity index (χ2n) is 15.0. The molecule has 0 fully saturated rings. The summed E-state index contributed by atoms with van der Waals surface area (Å²) >= 11 is 0. The number of hydrogen-bond acceptors (Lipinski definition) is 2. The Kier molecular flexibility index (Phi) is 10.0. The minimum absolute atomic E-state index is 1.10. The van der Waals surface area contributed by atoms with Crippen molar-refractivity contribution in [1.82, 2.24) is 0 Å². The molecule has 0 unspecified atom stereocenters. The van der Waals surface area contributed by atoms with Crippen molar-refractivity contribution in [3.63, 3.8) is 0 Å². The zero-order valence-corrected chi connectivity index (χ0v) is 33.1. The first-order valence-corrected chi connectivity index (χ1v) is 20.5. The predicted octanol–water partition coefficient (Wildman–Crippen LogP) is 16.4. The Morgan fingerprint density at radius 3 is 1.02 bits per heavy atom. The third kappa shape index (κ3) is 7.46. The Hall–Kier alpha value is -7.94. The van der Waals surface area contributed by atoms with E-state index in [2.05, 4.69) is 265 Å². The smallest absolute Gasteiger partial charge is 0.0540 e. The van der Waals surface area contributed by atoms with Crippen LogP contribution in [-0.4, -0.2) is 0 Å². The summed E-state index contributed by atoms with van der Waals surface area (Å²) in [5.41, 5.74) is 16.2. The van der Waals surface area contributed by atoms with E-state index in [-0.39, 0.29) is 0 Å². The van der Waals surface area contributed by atoms with Crippen LogP contribution in [0.5, 0.6) is 0 Å². The van der Waals surface area contributed by atoms with Crippen molar-refractivity contribution in [1.29, 1.82) is 0 Å². The van der Waals surface area contributed by atoms with E-state index in [1.807, 2.05) is 0 Å². The molecule has 284 valence electrons. The van der Waals surface area contributed by atoms with Crippen molar-refractivity contribution >= 4 is 44.9 Å². The molecule has 2 nitrogen and oxygen atoms in total. The average Bonchev–Trinajstić information content (AvgIpc) is 3.34. The van der Waals surface area contributed by atoms with Gasteiger partial charge >= 0.3 is 0 Å². The summed E-state index contributed by atoms with van der Waals surface area (Å²) in [5, 5.41) is 2.42. The normalized spacial score (nSPS) is 11.0. The monoisotopic (exact) mass is 766 g/mol. The molecule has 2 heteroatoms. The Morgan fingerprint density at radius 2 is 0.517 bits per heavy atom. The number of nitrogens with zero attached hydrogens (tertiary/aromatic N) is 2. The number of rotatable bonds is 10. The molecule has 0 atom stereocenters. The molecule has 0 N–H and O–H groups in total. The first-order valence-electron chi connectivity index (χ1n) is 20.5. The summed E-state index contributed by atoms with van der Waals surface area (Å²) in [6, 6.07) is 91.3. The van der Waals surface area contributed by atoms with E-state index >= 15 is 0 Å². The van der Waals surface area contributed by atoms with E-state index in [1.54, 1.807) is 0 Å². The molecule has 0 aromatic heterocycles. The van der Waals surface area contributed by atoms with Gasteiger partial charge in [0, 0.05) is 33.8 Å². The van der Waals surface area contributed by atoms with Crippen molar-refractivity contribution in [2.45, 2.75) is 0 Å². The van der Waals surface area contributed by atoms with Crippen molar-refractivity contribution in [2.75, 3.05) is 9.80 Å². The molecule has 0 spiro atoms. The third-order valence-corrected chi connectivity index (χ3v) is 11.3. The zero-order valence-electron chi connectivity index (χ0n) is 33.1. The first kappa shape index (κ1) is 36.4. The van der Waals surface area contributed by atoms with Gasteiger partial charge in [-0.1, -0.05) is 182 Å². The summed E-state index contributed by atoms with van der Waals surface area (Å²) < 4.78 is 0. The second kappa shape index (κ2) is 16.5. The fourth-order valence-electron chi connectivity index (χ4n) is 8.21. The van der Waals surface area contributed by atoms with Crippen molar-refractivity contribution in [3.05, 3.63) is 255 Å². The molecule has 0 amide bonds. The molecule has 0 heterocycles. The largest absolute Gasteiger partial charge is 0.311 e. The fourth-order valence-corrected chi connectivity index (χ4v) is 8.21. The highest BCUT2D eigenvalue weighted by Gasteiger charge is 2.17. The molecule has 10 aromatic rings. The molecule has 60 heavy (non-hydrogen) atoms. The number of benzene rings is 10. The van der Waals surface area contributed by atoms with Gasteiger partial charge in [0.2, 0.25) is 0 Å². The van der Waals surface area contributed by atoms with Crippen molar-refractivity contribution < 1.29 is 0 Å². The summed E-state index contributed by atoms with van der Waals surface area (Å²) in [4.78, 5) is 4.69. The molecule has 0 radical (unpaired) electrons. The average molecular weight is 767 g/mol. The maximum Gasteiger partial charge on any atom is 0.0540 e. The number of anilines is 6. The third-order valence-electron chi connectivity index (χ3n) is 11.3. The van der Waals surface area contributed by atoms with E-state index < -0.39 is 0 Å². The van der Waals surface area contributed by atoms with E-state index in [0.717, 1.165) is 45.3 Å². The van der Waals surface area contributed by atoms with Gasteiger partial charge in [-0.05, 0) is 123 Å². The van der Waals surface area contributed by atoms with Crippen LogP contribution in [0.15, 0.2) is 255 Å². The van der Waals surface area contributed by atoms with Gasteiger partial charge in [-0.15, -0.1) is 0 Å². The minimum Gasteiger partial charge on any atom is -0.311 e. The molecular formula is C58H42N2. The van der Waals surface area contributed by atoms with Crippen molar-refractivity contribution in [3.8, 4) is 44.5 Å². The van der Waals surface area contributed by atoms with Crippen LogP contribution in [0.25, 0.3) is 55.3 Å². The standard InChI is InChI=1S/C58H42N2/c1-4-14-43(15-5-1)45-26-34-53(35-27-45)59(52-22-8-3-9-23-52)54-36-28-46(29-37-54)47-30-38-55(39-31-47)60(58-25-13-19-49-18-10-11-24-57(49)58)56-40-32-48(33-41-56)51-21-12-20-50(42-51)44-16-6-2-7-17-44/h1-42H. The van der Waals surface area contributed by atoms with Crippen molar-refractivity contribution in [2.24, 2.45) is 0 Å². The maximum atomic E-state index is 2.38. The molecule has 0 saturated carbocycles. The van der Waals surface area contributed by atoms with Crippen LogP contribution >= 0.6 is 0 Å². The highest BCUT2D eigenvalue weighted by Crippen LogP contribution is 2.41. The predicted molar refractivity (Wildman–Crippen MR) is 255 cm³/mol. The number of hydrogen-bond donors (Lipinski definition) is 0. The van der Waals surface area contributed by atoms with Crippen LogP contribution in [0.3, 0.4) is 0 Å². The van der Waals surface area contributed by atoms with Crippen LogP contribution in [0.2, 0.25) is 0 Å². The van der Waals surface area contributed by atoms with E-state index in [9.17, 15) is 0 Å². The summed E-state index contributed by atoms with van der Waals surface area (Å²) in [7, 11) is 0. The van der Waals surface area contributed by atoms with E-state index in [0.29, 0.717) is 0 Å². The zero-order chi connectivity index (χ0) is 40.1. The van der Waals surface area contributed by atoms with Gasteiger partial charge in [0.25, 0.3) is 0 Å². The molecule has 0 aliphatic carbocycles. The Bertz CT molecular complexity index is 2970. The molecule has 0 aliphatic heterocycles. The van der Waals surface area contributed by atoms with Gasteiger partial charge in [-0.2, -0.15) is 0 Å². The van der Waals surface area contributed by atoms with Crippen LogP contribution in [0, 0.1) is 0 Å². The molecule has 10 rings (SSSR count). The van der Waals surface area contributed by atoms with Gasteiger partial charge in [-0.25, -0.2) is 0 Å². The SMILES string of the molecule is c1ccc(-c2ccc(N(c3ccccc3)c3ccc(-c4ccc(N(c5ccc(-c6cccc(-c7ccccc7)c6)cc5)c5cccc6ccccc56)cc4)cc3)cc2)cc1. The molecule has 0 bridgehead atoms. The van der Waals surface area contributed by atoms with Crippen LogP contribution in [-0.2, 0) is 0 Å². The lowest BCUT2D eigenvalue weighted by atomic mass is 9.98. The second-order valence-corrected chi connectivity index (χ2v) is 15.0. The van der Waals surface area contributed by atoms with Crippen LogP contribution in [0.1, 0.15) is 0 Å². The Labute approximate surface area is 352 Å². The highest BCUT2D eigenvalue weighted by molar-refractivity contribution is 5.99. The topological polar surface area (TPSA) is 6.48 Å². The number of para-hydroxylation sites is 1. The lowest BCUT2D eigenvalue weighted by Gasteiger charge is -2.27. The molecule has 0 saturated heterocycles.